The maximum atomic E-state index is 14.7. The average Bonchev–Trinajstić information content (AvgIpc) is 3.72. The van der Waals surface area contributed by atoms with E-state index in [-0.39, 0.29) is 24.7 Å². The first-order chi connectivity index (χ1) is 24.7. The van der Waals surface area contributed by atoms with Gasteiger partial charge >= 0.3 is 27.3 Å². The van der Waals surface area contributed by atoms with Crippen molar-refractivity contribution in [3.63, 3.8) is 0 Å². The topological polar surface area (TPSA) is 144 Å². The van der Waals surface area contributed by atoms with Gasteiger partial charge in [0.15, 0.2) is 17.7 Å². The van der Waals surface area contributed by atoms with Crippen LogP contribution in [-0.4, -0.2) is 79.4 Å². The second-order valence-electron chi connectivity index (χ2n) is 19.5. The summed E-state index contributed by atoms with van der Waals surface area (Å²) in [5.41, 5.74) is -0.900. The molecular formula is C38H50F2O11S. The third-order valence-electron chi connectivity index (χ3n) is 16.6. The highest BCUT2D eigenvalue weighted by atomic mass is 32.2. The fourth-order valence-electron chi connectivity index (χ4n) is 15.3. The Morgan fingerprint density at radius 1 is 0.673 bits per heavy atom. The summed E-state index contributed by atoms with van der Waals surface area (Å²) in [5, 5.41) is -5.07. The Labute approximate surface area is 302 Å². The fraction of sp³-hybridized carbons (Fsp3) is 0.947. The van der Waals surface area contributed by atoms with Gasteiger partial charge in [0.1, 0.15) is 18.3 Å². The van der Waals surface area contributed by atoms with Gasteiger partial charge in [-0.25, -0.2) is 4.79 Å². The van der Waals surface area contributed by atoms with Crippen LogP contribution < -0.4 is 0 Å². The van der Waals surface area contributed by atoms with Crippen LogP contribution >= 0.6 is 0 Å². The third kappa shape index (κ3) is 4.72. The van der Waals surface area contributed by atoms with Crippen molar-refractivity contribution in [2.24, 2.45) is 70.5 Å². The molecule has 14 rings (SSSR count). The van der Waals surface area contributed by atoms with Crippen molar-refractivity contribution >= 4 is 22.1 Å². The molecule has 0 radical (unpaired) electrons. The zero-order valence-corrected chi connectivity index (χ0v) is 30.2. The van der Waals surface area contributed by atoms with Crippen molar-refractivity contribution in [1.82, 2.24) is 0 Å². The van der Waals surface area contributed by atoms with E-state index in [9.17, 15) is 26.8 Å². The number of hydrogen-bond acceptors (Lipinski definition) is 10. The molecule has 14 fully saturated rings. The first-order valence-corrected chi connectivity index (χ1v) is 21.6. The molecule has 52 heavy (non-hydrogen) atoms. The minimum absolute atomic E-state index is 0.116. The molecule has 12 saturated carbocycles. The lowest BCUT2D eigenvalue weighted by Gasteiger charge is -2.59. The number of esters is 2. The van der Waals surface area contributed by atoms with Crippen molar-refractivity contribution < 1.29 is 59.8 Å². The second-order valence-corrected chi connectivity index (χ2v) is 20.9. The van der Waals surface area contributed by atoms with Gasteiger partial charge in [0.25, 0.3) is 0 Å². The van der Waals surface area contributed by atoms with Gasteiger partial charge in [-0.2, -0.15) is 17.2 Å². The summed E-state index contributed by atoms with van der Waals surface area (Å²) in [4.78, 5) is 27.1. The van der Waals surface area contributed by atoms with Crippen LogP contribution in [0.3, 0.4) is 0 Å². The van der Waals surface area contributed by atoms with Crippen LogP contribution in [0.25, 0.3) is 0 Å². The zero-order chi connectivity index (χ0) is 35.6. The van der Waals surface area contributed by atoms with Gasteiger partial charge in [0.05, 0.1) is 18.6 Å². The molecule has 0 aromatic carbocycles. The van der Waals surface area contributed by atoms with Gasteiger partial charge < -0.3 is 28.4 Å². The Bertz CT molecular complexity index is 1520. The molecule has 14 aliphatic rings. The molecule has 0 aromatic heterocycles. The number of hydrogen-bond donors (Lipinski definition) is 1. The largest absolute Gasteiger partial charge is 0.465 e. The Hall–Kier alpha value is -1.45. The molecule has 0 aromatic rings. The second kappa shape index (κ2) is 11.1. The molecule has 2 heterocycles. The monoisotopic (exact) mass is 752 g/mol. The molecule has 14 heteroatoms. The predicted molar refractivity (Wildman–Crippen MR) is 173 cm³/mol. The molecule has 4 atom stereocenters. The Kier molecular flexibility index (Phi) is 7.23. The smallest absolute Gasteiger partial charge is 0.456 e. The van der Waals surface area contributed by atoms with Gasteiger partial charge in [-0.1, -0.05) is 0 Å². The predicted octanol–water partition coefficient (Wildman–Crippen LogP) is 5.25. The van der Waals surface area contributed by atoms with Gasteiger partial charge in [0.2, 0.25) is 0 Å². The average molecular weight is 753 g/mol. The van der Waals surface area contributed by atoms with Crippen molar-refractivity contribution in [2.75, 3.05) is 13.2 Å². The molecular weight excluding hydrogens is 702 g/mol. The molecule has 12 bridgehead atoms. The van der Waals surface area contributed by atoms with Crippen LogP contribution in [0.1, 0.15) is 96.3 Å². The number of rotatable bonds is 7. The Morgan fingerprint density at radius 2 is 1.12 bits per heavy atom. The van der Waals surface area contributed by atoms with Crippen LogP contribution in [0.4, 0.5) is 8.78 Å². The molecule has 2 saturated heterocycles. The van der Waals surface area contributed by atoms with Crippen molar-refractivity contribution in [3.8, 4) is 0 Å². The molecule has 0 amide bonds. The van der Waals surface area contributed by atoms with E-state index >= 15 is 0 Å². The van der Waals surface area contributed by atoms with E-state index in [0.29, 0.717) is 56.1 Å². The van der Waals surface area contributed by atoms with Gasteiger partial charge in [-0.15, -0.1) is 0 Å². The normalized spacial score (nSPS) is 54.1. The highest BCUT2D eigenvalue weighted by molar-refractivity contribution is 7.87. The summed E-state index contributed by atoms with van der Waals surface area (Å²) in [6.45, 7) is 0.621. The summed E-state index contributed by atoms with van der Waals surface area (Å²) < 4.78 is 99.5. The van der Waals surface area contributed by atoms with Gasteiger partial charge in [0, 0.05) is 23.7 Å². The van der Waals surface area contributed by atoms with Crippen molar-refractivity contribution in [3.05, 3.63) is 0 Å². The summed E-state index contributed by atoms with van der Waals surface area (Å²) in [7, 11) is -5.99. The lowest BCUT2D eigenvalue weighted by atomic mass is 9.48. The fourth-order valence-corrected chi connectivity index (χ4v) is 15.5. The molecule has 4 unspecified atom stereocenters. The molecule has 288 valence electrons. The van der Waals surface area contributed by atoms with E-state index in [2.05, 4.69) is 0 Å². The van der Waals surface area contributed by atoms with Crippen LogP contribution in [0, 0.1) is 70.5 Å². The van der Waals surface area contributed by atoms with E-state index in [0.717, 1.165) is 75.0 Å². The molecule has 2 aliphatic heterocycles. The van der Waals surface area contributed by atoms with Crippen molar-refractivity contribution in [2.45, 2.75) is 138 Å². The lowest BCUT2D eigenvalue weighted by molar-refractivity contribution is -0.310. The highest BCUT2D eigenvalue weighted by Crippen LogP contribution is 2.65. The molecule has 1 N–H and O–H groups in total. The zero-order valence-electron chi connectivity index (χ0n) is 29.4. The number of carbonyl (C=O) groups is 2. The quantitative estimate of drug-likeness (QED) is 0.269. The van der Waals surface area contributed by atoms with Crippen LogP contribution in [0.15, 0.2) is 0 Å². The van der Waals surface area contributed by atoms with E-state index < -0.39 is 74.6 Å². The van der Waals surface area contributed by atoms with Crippen LogP contribution in [0.2, 0.25) is 0 Å². The van der Waals surface area contributed by atoms with Gasteiger partial charge in [-0.05, 0) is 138 Å². The Balaban J connectivity index is 0.859. The summed E-state index contributed by atoms with van der Waals surface area (Å²) in [5.74, 6) is -0.432. The number of carbonyl (C=O) groups excluding carboxylic acids is 2. The summed E-state index contributed by atoms with van der Waals surface area (Å²) in [6.07, 6.45) is 11.0. The van der Waals surface area contributed by atoms with Gasteiger partial charge in [-0.3, -0.25) is 9.35 Å². The minimum Gasteiger partial charge on any atom is -0.456 e. The highest BCUT2D eigenvalue weighted by Gasteiger charge is 2.68. The van der Waals surface area contributed by atoms with Crippen LogP contribution in [0.5, 0.6) is 0 Å². The SMILES string of the molecule is O=C(OC(C1COC2(O1)C1CC3CC(C1)CC2C3)C1COC2(O1)C1CC3CC(C1)CC2C3)C12CC3CC(C1)C(OC(=O)C(F)(F)S(=O)(=O)O)C(C3)C2. The molecule has 2 spiro atoms. The van der Waals surface area contributed by atoms with E-state index in [1.165, 1.54) is 12.8 Å². The van der Waals surface area contributed by atoms with E-state index in [1.54, 1.807) is 0 Å². The maximum Gasteiger partial charge on any atom is 0.465 e. The number of ether oxygens (including phenoxy) is 6. The van der Waals surface area contributed by atoms with Crippen molar-refractivity contribution in [1.29, 1.82) is 0 Å². The summed E-state index contributed by atoms with van der Waals surface area (Å²) in [6, 6.07) is 0. The third-order valence-corrected chi connectivity index (χ3v) is 17.4. The Morgan fingerprint density at radius 3 is 1.54 bits per heavy atom. The lowest BCUT2D eigenvalue weighted by Crippen LogP contribution is -2.61. The summed E-state index contributed by atoms with van der Waals surface area (Å²) >= 11 is 0. The molecule has 11 nitrogen and oxygen atoms in total. The van der Waals surface area contributed by atoms with E-state index in [4.69, 9.17) is 33.0 Å². The maximum absolute atomic E-state index is 14.7. The van der Waals surface area contributed by atoms with Crippen LogP contribution in [-0.2, 0) is 48.1 Å². The number of halogens is 2. The number of alkyl halides is 2. The first-order valence-electron chi connectivity index (χ1n) is 20.1. The standard InChI is InChI=1S/C38H50F2O11S/c39-38(40,52(43,44)45)34(42)48-31-23-3-22-4-24(31)15-35(13-22,14-23)33(41)49-32(29-16-46-36(50-29)25-5-18-1-19(7-25)8-26(36)6-18)30-17-47-37(51-30)27-9-20-2-21(11-27)12-28(37)10-20/h18-32H,1-17H2,(H,43,44,45). The molecule has 12 aliphatic carbocycles. The minimum atomic E-state index is -5.99. The first kappa shape index (κ1) is 33.9. The van der Waals surface area contributed by atoms with E-state index in [1.807, 2.05) is 0 Å².